The first-order valence-corrected chi connectivity index (χ1v) is 7.05. The van der Waals surface area contributed by atoms with Gasteiger partial charge in [0.25, 0.3) is 5.91 Å². The topological polar surface area (TPSA) is 68.0 Å². The van der Waals surface area contributed by atoms with Crippen LogP contribution in [0.2, 0.25) is 0 Å². The normalized spacial score (nSPS) is 12.1. The molecule has 1 atom stereocenters. The third kappa shape index (κ3) is 3.87. The first-order valence-electron chi connectivity index (χ1n) is 6.17. The van der Waals surface area contributed by atoms with Crippen molar-refractivity contribution in [2.24, 2.45) is 5.73 Å². The molecule has 2 rings (SSSR count). The molecule has 100 valence electrons. The molecule has 4 nitrogen and oxygen atoms in total. The quantitative estimate of drug-likeness (QED) is 0.879. The van der Waals surface area contributed by atoms with Crippen LogP contribution < -0.4 is 11.1 Å². The van der Waals surface area contributed by atoms with Gasteiger partial charge < -0.3 is 11.1 Å². The summed E-state index contributed by atoms with van der Waals surface area (Å²) >= 11 is 1.47. The van der Waals surface area contributed by atoms with Gasteiger partial charge in [0, 0.05) is 18.0 Å². The van der Waals surface area contributed by atoms with Crippen molar-refractivity contribution >= 4 is 17.2 Å². The number of carbonyl (C=O) groups excluding carboxylic acids is 1. The molecule has 0 bridgehead atoms. The Morgan fingerprint density at radius 3 is 2.79 bits per heavy atom. The van der Waals surface area contributed by atoms with Crippen LogP contribution in [0, 0.1) is 6.92 Å². The van der Waals surface area contributed by atoms with Crippen molar-refractivity contribution < 1.29 is 4.79 Å². The van der Waals surface area contributed by atoms with Crippen molar-refractivity contribution in [2.45, 2.75) is 19.4 Å². The van der Waals surface area contributed by atoms with E-state index in [-0.39, 0.29) is 11.9 Å². The summed E-state index contributed by atoms with van der Waals surface area (Å²) in [7, 11) is 0. The second kappa shape index (κ2) is 6.45. The number of carbonyl (C=O) groups is 1. The van der Waals surface area contributed by atoms with E-state index in [4.69, 9.17) is 5.73 Å². The minimum atomic E-state index is -0.135. The lowest BCUT2D eigenvalue weighted by Crippen LogP contribution is -2.27. The standard InChI is InChI=1S/C14H17N3OS/c1-10-17-13(9-19-10)14(18)16-8-7-12(15)11-5-3-2-4-6-11/h2-6,9,12H,7-8,15H2,1H3,(H,16,18). The number of nitrogens with one attached hydrogen (secondary N) is 1. The second-order valence-corrected chi connectivity index (χ2v) is 5.38. The molecule has 0 spiro atoms. The summed E-state index contributed by atoms with van der Waals surface area (Å²) in [5, 5.41) is 5.50. The molecule has 1 aromatic heterocycles. The number of hydrogen-bond acceptors (Lipinski definition) is 4. The Morgan fingerprint density at radius 2 is 2.16 bits per heavy atom. The van der Waals surface area contributed by atoms with Gasteiger partial charge in [-0.2, -0.15) is 0 Å². The number of nitrogens with zero attached hydrogens (tertiary/aromatic N) is 1. The van der Waals surface area contributed by atoms with Crippen LogP contribution in [0.5, 0.6) is 0 Å². The van der Waals surface area contributed by atoms with Crippen LogP contribution in [0.4, 0.5) is 0 Å². The van der Waals surface area contributed by atoms with E-state index in [0.29, 0.717) is 18.7 Å². The highest BCUT2D eigenvalue weighted by Gasteiger charge is 2.10. The maximum atomic E-state index is 11.8. The summed E-state index contributed by atoms with van der Waals surface area (Å²) in [6, 6.07) is 9.82. The van der Waals surface area contributed by atoms with Gasteiger partial charge in [0.05, 0.1) is 5.01 Å². The number of rotatable bonds is 5. The van der Waals surface area contributed by atoms with Crippen molar-refractivity contribution in [3.8, 4) is 0 Å². The first kappa shape index (κ1) is 13.7. The van der Waals surface area contributed by atoms with Gasteiger partial charge in [-0.1, -0.05) is 30.3 Å². The minimum absolute atomic E-state index is 0.0568. The number of amides is 1. The summed E-state index contributed by atoms with van der Waals surface area (Å²) in [5.74, 6) is -0.135. The molecule has 5 heteroatoms. The molecular formula is C14H17N3OS. The zero-order valence-electron chi connectivity index (χ0n) is 10.8. The van der Waals surface area contributed by atoms with Crippen LogP contribution in [-0.2, 0) is 0 Å². The molecule has 0 saturated carbocycles. The Balaban J connectivity index is 1.79. The van der Waals surface area contributed by atoms with Crippen molar-refractivity contribution in [1.82, 2.24) is 10.3 Å². The van der Waals surface area contributed by atoms with Crippen LogP contribution >= 0.6 is 11.3 Å². The van der Waals surface area contributed by atoms with Gasteiger partial charge in [0.15, 0.2) is 0 Å². The van der Waals surface area contributed by atoms with Crippen molar-refractivity contribution in [2.75, 3.05) is 6.54 Å². The van der Waals surface area contributed by atoms with E-state index in [1.807, 2.05) is 37.3 Å². The molecule has 1 heterocycles. The first-order chi connectivity index (χ1) is 9.16. The molecule has 19 heavy (non-hydrogen) atoms. The van der Waals surface area contributed by atoms with Gasteiger partial charge in [0.1, 0.15) is 5.69 Å². The molecule has 1 amide bonds. The summed E-state index contributed by atoms with van der Waals surface area (Å²) < 4.78 is 0. The summed E-state index contributed by atoms with van der Waals surface area (Å²) in [6.45, 7) is 2.43. The fraction of sp³-hybridized carbons (Fsp3) is 0.286. The van der Waals surface area contributed by atoms with E-state index in [0.717, 1.165) is 10.6 Å². The van der Waals surface area contributed by atoms with E-state index >= 15 is 0 Å². The predicted octanol–water partition coefficient (Wildman–Crippen LogP) is 2.27. The van der Waals surface area contributed by atoms with Crippen LogP contribution in [0.25, 0.3) is 0 Å². The lowest BCUT2D eigenvalue weighted by Gasteiger charge is -2.12. The number of aromatic nitrogens is 1. The zero-order valence-corrected chi connectivity index (χ0v) is 11.6. The smallest absolute Gasteiger partial charge is 0.270 e. The van der Waals surface area contributed by atoms with Gasteiger partial charge in [-0.05, 0) is 18.9 Å². The Morgan fingerprint density at radius 1 is 1.42 bits per heavy atom. The highest BCUT2D eigenvalue weighted by Crippen LogP contribution is 2.12. The third-order valence-electron chi connectivity index (χ3n) is 2.82. The molecule has 0 fully saturated rings. The maximum Gasteiger partial charge on any atom is 0.270 e. The van der Waals surface area contributed by atoms with E-state index in [1.165, 1.54) is 11.3 Å². The van der Waals surface area contributed by atoms with Crippen LogP contribution in [0.1, 0.15) is 33.5 Å². The number of benzene rings is 1. The van der Waals surface area contributed by atoms with Crippen LogP contribution in [0.15, 0.2) is 35.7 Å². The van der Waals surface area contributed by atoms with Gasteiger partial charge >= 0.3 is 0 Å². The summed E-state index contributed by atoms with van der Waals surface area (Å²) in [5.41, 5.74) is 7.63. The highest BCUT2D eigenvalue weighted by molar-refractivity contribution is 7.09. The van der Waals surface area contributed by atoms with Crippen LogP contribution in [0.3, 0.4) is 0 Å². The van der Waals surface area contributed by atoms with Gasteiger partial charge in [-0.3, -0.25) is 4.79 Å². The Kier molecular flexibility index (Phi) is 4.65. The van der Waals surface area contributed by atoms with Crippen molar-refractivity contribution in [3.63, 3.8) is 0 Å². The summed E-state index contributed by atoms with van der Waals surface area (Å²) in [6.07, 6.45) is 0.707. The fourth-order valence-corrected chi connectivity index (χ4v) is 2.36. The van der Waals surface area contributed by atoms with Crippen molar-refractivity contribution in [1.29, 1.82) is 0 Å². The number of aryl methyl sites for hydroxylation is 1. The SMILES string of the molecule is Cc1nc(C(=O)NCCC(N)c2ccccc2)cs1. The molecule has 3 N–H and O–H groups in total. The Bertz CT molecular complexity index is 539. The lowest BCUT2D eigenvalue weighted by molar-refractivity contribution is 0.0948. The largest absolute Gasteiger partial charge is 0.351 e. The highest BCUT2D eigenvalue weighted by atomic mass is 32.1. The average Bonchev–Trinajstić information content (AvgIpc) is 2.86. The molecular weight excluding hydrogens is 258 g/mol. The number of thiazole rings is 1. The minimum Gasteiger partial charge on any atom is -0.351 e. The molecule has 0 aliphatic carbocycles. The van der Waals surface area contributed by atoms with E-state index in [9.17, 15) is 4.79 Å². The monoisotopic (exact) mass is 275 g/mol. The third-order valence-corrected chi connectivity index (χ3v) is 3.59. The molecule has 2 aromatic rings. The second-order valence-electron chi connectivity index (χ2n) is 4.31. The van der Waals surface area contributed by atoms with Gasteiger partial charge in [-0.25, -0.2) is 4.98 Å². The van der Waals surface area contributed by atoms with E-state index < -0.39 is 0 Å². The fourth-order valence-electron chi connectivity index (χ4n) is 1.77. The predicted molar refractivity (Wildman–Crippen MR) is 77.2 cm³/mol. The molecule has 0 aliphatic rings. The zero-order chi connectivity index (χ0) is 13.7. The Hall–Kier alpha value is -1.72. The molecule has 0 saturated heterocycles. The maximum absolute atomic E-state index is 11.8. The van der Waals surface area contributed by atoms with E-state index in [2.05, 4.69) is 10.3 Å². The lowest BCUT2D eigenvalue weighted by atomic mass is 10.1. The van der Waals surface area contributed by atoms with Gasteiger partial charge in [-0.15, -0.1) is 11.3 Å². The van der Waals surface area contributed by atoms with Crippen LogP contribution in [-0.4, -0.2) is 17.4 Å². The summed E-state index contributed by atoms with van der Waals surface area (Å²) in [4.78, 5) is 15.9. The number of nitrogens with two attached hydrogens (primary N) is 1. The molecule has 1 aromatic carbocycles. The van der Waals surface area contributed by atoms with E-state index in [1.54, 1.807) is 5.38 Å². The average molecular weight is 275 g/mol. The molecule has 0 radical (unpaired) electrons. The molecule has 0 aliphatic heterocycles. The van der Waals surface area contributed by atoms with Gasteiger partial charge in [0.2, 0.25) is 0 Å². The Labute approximate surface area is 116 Å². The number of hydrogen-bond donors (Lipinski definition) is 2. The molecule has 1 unspecified atom stereocenters. The van der Waals surface area contributed by atoms with Crippen molar-refractivity contribution in [3.05, 3.63) is 52.0 Å².